The van der Waals surface area contributed by atoms with Crippen LogP contribution in [-0.4, -0.2) is 25.0 Å². The van der Waals surface area contributed by atoms with Gasteiger partial charge in [0.05, 0.1) is 16.3 Å². The molecule has 3 aromatic carbocycles. The lowest BCUT2D eigenvalue weighted by atomic mass is 10.0. The number of fused-ring (bicyclic) bond motifs is 1. The molecule has 2 heterocycles. The third-order valence-electron chi connectivity index (χ3n) is 5.33. The van der Waals surface area contributed by atoms with Crippen molar-refractivity contribution in [1.82, 2.24) is 0 Å². The van der Waals surface area contributed by atoms with Gasteiger partial charge in [0.25, 0.3) is 11.8 Å². The summed E-state index contributed by atoms with van der Waals surface area (Å²) >= 11 is 6.32. The van der Waals surface area contributed by atoms with Crippen LogP contribution in [0.5, 0.6) is 11.5 Å². The van der Waals surface area contributed by atoms with E-state index < -0.39 is 11.8 Å². The van der Waals surface area contributed by atoms with Gasteiger partial charge in [0.1, 0.15) is 18.9 Å². The molecule has 5 rings (SSSR count). The third kappa shape index (κ3) is 3.48. The Morgan fingerprint density at radius 3 is 2.34 bits per heavy atom. The van der Waals surface area contributed by atoms with Crippen molar-refractivity contribution in [2.75, 3.05) is 23.4 Å². The predicted molar refractivity (Wildman–Crippen MR) is 123 cm³/mol. The molecule has 0 aliphatic carbocycles. The number of nitrogens with one attached hydrogen (secondary N) is 1. The van der Waals surface area contributed by atoms with Gasteiger partial charge in [0.2, 0.25) is 0 Å². The number of rotatable bonds is 4. The molecular formula is C25H19ClN2O4. The average molecular weight is 447 g/mol. The van der Waals surface area contributed by atoms with Crippen LogP contribution in [0.15, 0.2) is 72.4 Å². The minimum Gasteiger partial charge on any atom is -0.486 e. The van der Waals surface area contributed by atoms with Crippen LogP contribution < -0.4 is 19.7 Å². The van der Waals surface area contributed by atoms with Crippen molar-refractivity contribution in [3.8, 4) is 11.5 Å². The molecule has 0 bridgehead atoms. The van der Waals surface area contributed by atoms with Crippen LogP contribution in [0.1, 0.15) is 11.1 Å². The Balaban J connectivity index is 1.60. The summed E-state index contributed by atoms with van der Waals surface area (Å²) in [4.78, 5) is 28.1. The number of halogens is 1. The molecule has 0 spiro atoms. The second-order valence-electron chi connectivity index (χ2n) is 7.50. The summed E-state index contributed by atoms with van der Waals surface area (Å²) in [5, 5.41) is 3.46. The van der Waals surface area contributed by atoms with Gasteiger partial charge in [-0.25, -0.2) is 4.90 Å². The van der Waals surface area contributed by atoms with Gasteiger partial charge in [0.15, 0.2) is 11.5 Å². The summed E-state index contributed by atoms with van der Waals surface area (Å²) in [7, 11) is 0. The molecule has 32 heavy (non-hydrogen) atoms. The number of hydrogen-bond acceptors (Lipinski definition) is 5. The second-order valence-corrected chi connectivity index (χ2v) is 7.90. The lowest BCUT2D eigenvalue weighted by molar-refractivity contribution is -0.120. The van der Waals surface area contributed by atoms with Gasteiger partial charge in [-0.3, -0.25) is 9.59 Å². The van der Waals surface area contributed by atoms with Crippen LogP contribution in [0.2, 0.25) is 5.02 Å². The van der Waals surface area contributed by atoms with E-state index in [2.05, 4.69) is 5.32 Å². The van der Waals surface area contributed by atoms with Gasteiger partial charge in [-0.2, -0.15) is 0 Å². The van der Waals surface area contributed by atoms with Crippen LogP contribution in [-0.2, 0) is 9.59 Å². The van der Waals surface area contributed by atoms with E-state index in [1.807, 2.05) is 31.2 Å². The highest BCUT2D eigenvalue weighted by molar-refractivity contribution is 6.48. The number of anilines is 2. The van der Waals surface area contributed by atoms with Crippen molar-refractivity contribution in [1.29, 1.82) is 0 Å². The minimum atomic E-state index is -0.478. The van der Waals surface area contributed by atoms with Gasteiger partial charge in [-0.05, 0) is 36.8 Å². The molecule has 1 N–H and O–H groups in total. The van der Waals surface area contributed by atoms with Crippen molar-refractivity contribution in [2.45, 2.75) is 6.92 Å². The number of aryl methyl sites for hydroxylation is 1. The van der Waals surface area contributed by atoms with E-state index >= 15 is 0 Å². The SMILES string of the molecule is Cc1ccc(C2=C(Nc3ccc4c(c3)OCCO4)C(=O)N(c3ccccc3Cl)C2=O)cc1. The van der Waals surface area contributed by atoms with Crippen molar-refractivity contribution in [3.05, 3.63) is 88.6 Å². The molecule has 7 heteroatoms. The molecule has 2 amide bonds. The van der Waals surface area contributed by atoms with E-state index in [1.165, 1.54) is 0 Å². The first-order chi connectivity index (χ1) is 15.5. The Kier molecular flexibility index (Phi) is 5.07. The lowest BCUT2D eigenvalue weighted by Gasteiger charge is -2.19. The van der Waals surface area contributed by atoms with Crippen molar-refractivity contribution >= 4 is 40.4 Å². The summed E-state index contributed by atoms with van der Waals surface area (Å²) in [5.74, 6) is 0.306. The summed E-state index contributed by atoms with van der Waals surface area (Å²) in [5.41, 5.74) is 3.10. The van der Waals surface area contributed by atoms with E-state index in [4.69, 9.17) is 21.1 Å². The van der Waals surface area contributed by atoms with Crippen LogP contribution in [0.4, 0.5) is 11.4 Å². The topological polar surface area (TPSA) is 67.9 Å². The number of hydrogen-bond donors (Lipinski definition) is 1. The number of para-hydroxylation sites is 1. The zero-order valence-corrected chi connectivity index (χ0v) is 18.0. The number of benzene rings is 3. The van der Waals surface area contributed by atoms with Gasteiger partial charge in [0, 0.05) is 11.8 Å². The Bertz CT molecular complexity index is 1270. The van der Waals surface area contributed by atoms with E-state index in [9.17, 15) is 9.59 Å². The fourth-order valence-corrected chi connectivity index (χ4v) is 3.97. The second kappa shape index (κ2) is 8.05. The molecule has 2 aliphatic heterocycles. The maximum Gasteiger partial charge on any atom is 0.282 e. The highest BCUT2D eigenvalue weighted by Gasteiger charge is 2.41. The summed E-state index contributed by atoms with van der Waals surface area (Å²) in [6.45, 7) is 2.90. The van der Waals surface area contributed by atoms with E-state index in [-0.39, 0.29) is 11.3 Å². The van der Waals surface area contributed by atoms with E-state index in [0.29, 0.717) is 46.7 Å². The van der Waals surface area contributed by atoms with Gasteiger partial charge >= 0.3 is 0 Å². The van der Waals surface area contributed by atoms with E-state index in [1.54, 1.807) is 42.5 Å². The quantitative estimate of drug-likeness (QED) is 0.582. The molecule has 6 nitrogen and oxygen atoms in total. The van der Waals surface area contributed by atoms with Crippen LogP contribution in [0.3, 0.4) is 0 Å². The largest absolute Gasteiger partial charge is 0.486 e. The fourth-order valence-electron chi connectivity index (χ4n) is 3.75. The molecular weight excluding hydrogens is 428 g/mol. The van der Waals surface area contributed by atoms with Crippen molar-refractivity contribution in [2.24, 2.45) is 0 Å². The maximum absolute atomic E-state index is 13.5. The number of ether oxygens (including phenoxy) is 2. The predicted octanol–water partition coefficient (Wildman–Crippen LogP) is 4.82. The number of carbonyl (C=O) groups excluding carboxylic acids is 2. The number of carbonyl (C=O) groups is 2. The molecule has 160 valence electrons. The first kappa shape index (κ1) is 20.2. The fraction of sp³-hybridized carbons (Fsp3) is 0.120. The van der Waals surface area contributed by atoms with Gasteiger partial charge in [-0.15, -0.1) is 0 Å². The molecule has 2 aliphatic rings. The van der Waals surface area contributed by atoms with Crippen molar-refractivity contribution in [3.63, 3.8) is 0 Å². The van der Waals surface area contributed by atoms with Crippen molar-refractivity contribution < 1.29 is 19.1 Å². The Hall–Kier alpha value is -3.77. The molecule has 0 unspecified atom stereocenters. The molecule has 0 fully saturated rings. The molecule has 3 aromatic rings. The standard InChI is InChI=1S/C25H19ClN2O4/c1-15-6-8-16(9-7-15)22-23(27-17-10-11-20-21(14-17)32-13-12-31-20)25(30)28(24(22)29)19-5-3-2-4-18(19)26/h2-11,14,27H,12-13H2,1H3. The Morgan fingerprint density at radius 2 is 1.59 bits per heavy atom. The maximum atomic E-state index is 13.5. The highest BCUT2D eigenvalue weighted by atomic mass is 35.5. The number of imide groups is 1. The van der Waals surface area contributed by atoms with E-state index in [0.717, 1.165) is 10.5 Å². The summed E-state index contributed by atoms with van der Waals surface area (Å²) < 4.78 is 11.2. The minimum absolute atomic E-state index is 0.176. The Labute approximate surface area is 190 Å². The highest BCUT2D eigenvalue weighted by Crippen LogP contribution is 2.38. The zero-order chi connectivity index (χ0) is 22.2. The molecule has 0 saturated carbocycles. The molecule has 0 atom stereocenters. The third-order valence-corrected chi connectivity index (χ3v) is 5.65. The number of nitrogens with zero attached hydrogens (tertiary/aromatic N) is 1. The monoisotopic (exact) mass is 446 g/mol. The average Bonchev–Trinajstić information content (AvgIpc) is 3.04. The lowest BCUT2D eigenvalue weighted by Crippen LogP contribution is -2.32. The van der Waals surface area contributed by atoms with Crippen LogP contribution >= 0.6 is 11.6 Å². The van der Waals surface area contributed by atoms with Gasteiger partial charge in [-0.1, -0.05) is 53.6 Å². The molecule has 0 saturated heterocycles. The first-order valence-electron chi connectivity index (χ1n) is 10.1. The first-order valence-corrected chi connectivity index (χ1v) is 10.5. The van der Waals surface area contributed by atoms with Gasteiger partial charge < -0.3 is 14.8 Å². The summed E-state index contributed by atoms with van der Waals surface area (Å²) in [6.07, 6.45) is 0. The smallest absolute Gasteiger partial charge is 0.282 e. The molecule has 0 radical (unpaired) electrons. The normalized spacial score (nSPS) is 15.4. The Morgan fingerprint density at radius 1 is 0.875 bits per heavy atom. The molecule has 0 aromatic heterocycles. The summed E-state index contributed by atoms with van der Waals surface area (Å²) in [6, 6.07) is 19.6. The van der Waals surface area contributed by atoms with Crippen LogP contribution in [0.25, 0.3) is 5.57 Å². The number of amides is 2. The van der Waals surface area contributed by atoms with Crippen LogP contribution in [0, 0.1) is 6.92 Å². The zero-order valence-electron chi connectivity index (χ0n) is 17.2.